The van der Waals surface area contributed by atoms with Gasteiger partial charge in [-0.05, 0) is 53.4 Å². The van der Waals surface area contributed by atoms with Crippen LogP contribution in [-0.4, -0.2) is 44.7 Å². The van der Waals surface area contributed by atoms with E-state index in [1.54, 1.807) is 0 Å². The van der Waals surface area contributed by atoms with E-state index in [1.165, 1.54) is 16.8 Å². The molecule has 1 N–H and O–H groups in total. The Kier molecular flexibility index (Phi) is 6.03. The van der Waals surface area contributed by atoms with Gasteiger partial charge in [-0.25, -0.2) is 0 Å². The first-order valence-electron chi connectivity index (χ1n) is 7.39. The molecule has 114 valence electrons. The van der Waals surface area contributed by atoms with Gasteiger partial charge in [0.05, 0.1) is 0 Å². The highest BCUT2D eigenvalue weighted by Crippen LogP contribution is 2.21. The van der Waals surface area contributed by atoms with E-state index in [0.717, 1.165) is 19.6 Å². The Balaban J connectivity index is 2.83. The number of hydrogen-bond acceptors (Lipinski definition) is 3. The van der Waals surface area contributed by atoms with Crippen LogP contribution in [0.5, 0.6) is 0 Å². The second kappa shape index (κ2) is 7.09. The van der Waals surface area contributed by atoms with Gasteiger partial charge in [0.15, 0.2) is 0 Å². The quantitative estimate of drug-likeness (QED) is 0.862. The minimum Gasteiger partial charge on any atom is -0.373 e. The normalized spacial score (nSPS) is 12.0. The number of nitrogens with one attached hydrogen (secondary N) is 1. The zero-order valence-electron chi connectivity index (χ0n) is 14.2. The fraction of sp³-hybridized carbons (Fsp3) is 0.647. The van der Waals surface area contributed by atoms with E-state index in [1.807, 2.05) is 0 Å². The topological polar surface area (TPSA) is 18.5 Å². The molecule has 1 rings (SSSR count). The van der Waals surface area contributed by atoms with E-state index in [-0.39, 0.29) is 5.54 Å². The van der Waals surface area contributed by atoms with Gasteiger partial charge in [0.2, 0.25) is 0 Å². The Labute approximate surface area is 125 Å². The van der Waals surface area contributed by atoms with Crippen LogP contribution in [0.3, 0.4) is 0 Å². The highest BCUT2D eigenvalue weighted by atomic mass is 15.2. The van der Waals surface area contributed by atoms with Crippen LogP contribution < -0.4 is 10.2 Å². The van der Waals surface area contributed by atoms with Crippen LogP contribution in [0.2, 0.25) is 0 Å². The lowest BCUT2D eigenvalue weighted by atomic mass is 10.1. The number of likely N-dealkylation sites (N-methyl/N-ethyl adjacent to an activating group) is 2. The summed E-state index contributed by atoms with van der Waals surface area (Å²) in [5.74, 6) is 0. The van der Waals surface area contributed by atoms with Crippen molar-refractivity contribution < 1.29 is 0 Å². The molecule has 0 heterocycles. The van der Waals surface area contributed by atoms with Crippen LogP contribution >= 0.6 is 0 Å². The van der Waals surface area contributed by atoms with E-state index in [0.29, 0.717) is 0 Å². The minimum atomic E-state index is 0.142. The van der Waals surface area contributed by atoms with Gasteiger partial charge >= 0.3 is 0 Å². The first-order chi connectivity index (χ1) is 9.19. The standard InChI is InChI=1S/C17H31N3/c1-14-8-9-16(20(7)11-10-19(5)6)15(12-14)13-18-17(2,3)4/h8-9,12,18H,10-11,13H2,1-7H3. The van der Waals surface area contributed by atoms with Crippen LogP contribution in [0, 0.1) is 6.92 Å². The van der Waals surface area contributed by atoms with Gasteiger partial charge in [-0.15, -0.1) is 0 Å². The fourth-order valence-corrected chi connectivity index (χ4v) is 2.06. The van der Waals surface area contributed by atoms with Gasteiger partial charge in [-0.3, -0.25) is 0 Å². The van der Waals surface area contributed by atoms with Crippen LogP contribution in [0.4, 0.5) is 5.69 Å². The summed E-state index contributed by atoms with van der Waals surface area (Å²) in [4.78, 5) is 4.57. The van der Waals surface area contributed by atoms with E-state index in [2.05, 4.69) is 82.2 Å². The molecule has 0 bridgehead atoms. The molecule has 0 fully saturated rings. The molecule has 0 aliphatic heterocycles. The third-order valence-electron chi connectivity index (χ3n) is 3.34. The molecule has 0 radical (unpaired) electrons. The molecule has 0 saturated heterocycles. The first-order valence-corrected chi connectivity index (χ1v) is 7.39. The van der Waals surface area contributed by atoms with Crippen molar-refractivity contribution in [3.63, 3.8) is 0 Å². The van der Waals surface area contributed by atoms with E-state index >= 15 is 0 Å². The molecular weight excluding hydrogens is 246 g/mol. The van der Waals surface area contributed by atoms with Crippen molar-refractivity contribution in [2.24, 2.45) is 0 Å². The van der Waals surface area contributed by atoms with Crippen molar-refractivity contribution in [3.05, 3.63) is 29.3 Å². The smallest absolute Gasteiger partial charge is 0.0409 e. The third kappa shape index (κ3) is 5.93. The van der Waals surface area contributed by atoms with Gasteiger partial charge in [0.25, 0.3) is 0 Å². The summed E-state index contributed by atoms with van der Waals surface area (Å²) >= 11 is 0. The lowest BCUT2D eigenvalue weighted by Gasteiger charge is -2.27. The lowest BCUT2D eigenvalue weighted by Crippen LogP contribution is -2.36. The maximum Gasteiger partial charge on any atom is 0.0409 e. The maximum absolute atomic E-state index is 3.59. The van der Waals surface area contributed by atoms with Crippen molar-refractivity contribution in [3.8, 4) is 0 Å². The Morgan fingerprint density at radius 1 is 1.05 bits per heavy atom. The Morgan fingerprint density at radius 3 is 2.25 bits per heavy atom. The first kappa shape index (κ1) is 17.0. The summed E-state index contributed by atoms with van der Waals surface area (Å²) in [5.41, 5.74) is 4.17. The number of nitrogens with zero attached hydrogens (tertiary/aromatic N) is 2. The number of hydrogen-bond donors (Lipinski definition) is 1. The highest BCUT2D eigenvalue weighted by molar-refractivity contribution is 5.54. The number of benzene rings is 1. The van der Waals surface area contributed by atoms with Gasteiger partial charge in [-0.1, -0.05) is 17.7 Å². The summed E-state index contributed by atoms with van der Waals surface area (Å²) in [7, 11) is 6.41. The highest BCUT2D eigenvalue weighted by Gasteiger charge is 2.12. The molecule has 0 aliphatic rings. The van der Waals surface area contributed by atoms with E-state index in [4.69, 9.17) is 0 Å². The molecule has 0 unspecified atom stereocenters. The number of anilines is 1. The predicted molar refractivity (Wildman–Crippen MR) is 89.6 cm³/mol. The van der Waals surface area contributed by atoms with Gasteiger partial charge in [0.1, 0.15) is 0 Å². The summed E-state index contributed by atoms with van der Waals surface area (Å²) in [6.07, 6.45) is 0. The van der Waals surface area contributed by atoms with Gasteiger partial charge in [-0.2, -0.15) is 0 Å². The van der Waals surface area contributed by atoms with Crippen LogP contribution in [0.15, 0.2) is 18.2 Å². The van der Waals surface area contributed by atoms with Crippen molar-refractivity contribution in [1.82, 2.24) is 10.2 Å². The summed E-state index contributed by atoms with van der Waals surface area (Å²) in [6.45, 7) is 11.8. The molecule has 3 heteroatoms. The average molecular weight is 277 g/mol. The van der Waals surface area contributed by atoms with Crippen LogP contribution in [0.25, 0.3) is 0 Å². The summed E-state index contributed by atoms with van der Waals surface area (Å²) in [6, 6.07) is 6.73. The average Bonchev–Trinajstić information content (AvgIpc) is 2.32. The largest absolute Gasteiger partial charge is 0.373 e. The molecule has 0 amide bonds. The minimum absolute atomic E-state index is 0.142. The molecule has 0 aromatic heterocycles. The zero-order chi connectivity index (χ0) is 15.3. The molecule has 0 saturated carbocycles. The molecule has 0 aliphatic carbocycles. The second-order valence-electron chi connectivity index (χ2n) is 6.96. The molecule has 1 aromatic rings. The second-order valence-corrected chi connectivity index (χ2v) is 6.96. The Hall–Kier alpha value is -1.06. The van der Waals surface area contributed by atoms with Crippen molar-refractivity contribution in [2.75, 3.05) is 39.1 Å². The van der Waals surface area contributed by atoms with Gasteiger partial charge in [0, 0.05) is 37.9 Å². The predicted octanol–water partition coefficient (Wildman–Crippen LogP) is 2.88. The molecule has 0 atom stereocenters. The summed E-state index contributed by atoms with van der Waals surface area (Å²) in [5, 5.41) is 3.59. The Bertz CT molecular complexity index is 419. The van der Waals surface area contributed by atoms with Gasteiger partial charge < -0.3 is 15.1 Å². The van der Waals surface area contributed by atoms with Crippen molar-refractivity contribution in [2.45, 2.75) is 39.8 Å². The third-order valence-corrected chi connectivity index (χ3v) is 3.34. The van der Waals surface area contributed by atoms with E-state index in [9.17, 15) is 0 Å². The molecule has 1 aromatic carbocycles. The van der Waals surface area contributed by atoms with Crippen LogP contribution in [0.1, 0.15) is 31.9 Å². The zero-order valence-corrected chi connectivity index (χ0v) is 14.2. The van der Waals surface area contributed by atoms with Crippen LogP contribution in [-0.2, 0) is 6.54 Å². The van der Waals surface area contributed by atoms with Crippen molar-refractivity contribution in [1.29, 1.82) is 0 Å². The van der Waals surface area contributed by atoms with E-state index < -0.39 is 0 Å². The molecular formula is C17H31N3. The summed E-state index contributed by atoms with van der Waals surface area (Å²) < 4.78 is 0. The molecule has 0 spiro atoms. The maximum atomic E-state index is 3.59. The SMILES string of the molecule is Cc1ccc(N(C)CCN(C)C)c(CNC(C)(C)C)c1. The number of rotatable bonds is 6. The molecule has 20 heavy (non-hydrogen) atoms. The lowest BCUT2D eigenvalue weighted by molar-refractivity contribution is 0.415. The Morgan fingerprint density at radius 2 is 1.70 bits per heavy atom. The van der Waals surface area contributed by atoms with Crippen molar-refractivity contribution >= 4 is 5.69 Å². The number of aryl methyl sites for hydroxylation is 1. The monoisotopic (exact) mass is 277 g/mol. The molecule has 3 nitrogen and oxygen atoms in total. The fourth-order valence-electron chi connectivity index (χ4n) is 2.06.